The van der Waals surface area contributed by atoms with Crippen LogP contribution in [0.5, 0.6) is 5.75 Å². The van der Waals surface area contributed by atoms with Crippen molar-refractivity contribution in [3.8, 4) is 5.75 Å². The maximum atomic E-state index is 12.5. The fraction of sp³-hybridized carbons (Fsp3) is 0.167. The lowest BCUT2D eigenvalue weighted by atomic mass is 9.95. The summed E-state index contributed by atoms with van der Waals surface area (Å²) in [6.07, 6.45) is 3.66. The summed E-state index contributed by atoms with van der Waals surface area (Å²) in [6.45, 7) is 4.33. The number of hydrogen-bond donors (Lipinski definition) is 1. The number of hydrogen-bond acceptors (Lipinski definition) is 3. The van der Waals surface area contributed by atoms with Gasteiger partial charge < -0.3 is 4.74 Å². The van der Waals surface area contributed by atoms with E-state index in [0.29, 0.717) is 12.3 Å². The van der Waals surface area contributed by atoms with Gasteiger partial charge in [0, 0.05) is 11.6 Å². The highest BCUT2D eigenvalue weighted by Gasteiger charge is 2.15. The molecule has 1 atom stereocenters. The van der Waals surface area contributed by atoms with Crippen LogP contribution in [0, 0.1) is 6.07 Å². The van der Waals surface area contributed by atoms with Gasteiger partial charge in [0.15, 0.2) is 0 Å². The van der Waals surface area contributed by atoms with Crippen LogP contribution in [0.25, 0.3) is 0 Å². The van der Waals surface area contributed by atoms with Gasteiger partial charge in [0.1, 0.15) is 5.75 Å². The summed E-state index contributed by atoms with van der Waals surface area (Å²) in [5.74, 6) is 0.955. The van der Waals surface area contributed by atoms with E-state index in [9.17, 15) is 8.42 Å². The minimum absolute atomic E-state index is 0.174. The molecule has 0 bridgehead atoms. The molecule has 0 aromatic heterocycles. The van der Waals surface area contributed by atoms with Crippen LogP contribution in [-0.4, -0.2) is 15.0 Å². The van der Waals surface area contributed by atoms with E-state index in [1.807, 2.05) is 42.5 Å². The Hall–Kier alpha value is -3.05. The lowest BCUT2D eigenvalue weighted by molar-refractivity contribution is 0.282. The van der Waals surface area contributed by atoms with Crippen molar-refractivity contribution < 1.29 is 13.2 Å². The molecule has 0 aliphatic rings. The molecular weight excluding hydrogens is 382 g/mol. The van der Waals surface area contributed by atoms with E-state index >= 15 is 0 Å². The predicted molar refractivity (Wildman–Crippen MR) is 117 cm³/mol. The van der Waals surface area contributed by atoms with Crippen molar-refractivity contribution in [2.45, 2.75) is 23.7 Å². The topological polar surface area (TPSA) is 55.4 Å². The second-order valence-electron chi connectivity index (χ2n) is 6.65. The summed E-state index contributed by atoms with van der Waals surface area (Å²) in [7, 11) is -3.60. The molecule has 29 heavy (non-hydrogen) atoms. The van der Waals surface area contributed by atoms with Crippen LogP contribution in [0.3, 0.4) is 0 Å². The highest BCUT2D eigenvalue weighted by atomic mass is 32.2. The van der Waals surface area contributed by atoms with E-state index in [1.165, 1.54) is 0 Å². The second kappa shape index (κ2) is 9.94. The van der Waals surface area contributed by atoms with Gasteiger partial charge in [0.2, 0.25) is 0 Å². The Labute approximate surface area is 172 Å². The van der Waals surface area contributed by atoms with Gasteiger partial charge in [-0.1, -0.05) is 48.5 Å². The molecule has 3 rings (SSSR count). The highest BCUT2D eigenvalue weighted by Crippen LogP contribution is 2.25. The summed E-state index contributed by atoms with van der Waals surface area (Å²) < 4.78 is 33.5. The normalized spacial score (nSPS) is 12.1. The number of benzene rings is 3. The molecule has 5 heteroatoms. The lowest BCUT2D eigenvalue weighted by Gasteiger charge is -2.18. The molecule has 4 nitrogen and oxygen atoms in total. The zero-order valence-corrected chi connectivity index (χ0v) is 16.9. The van der Waals surface area contributed by atoms with E-state index in [-0.39, 0.29) is 10.8 Å². The Morgan fingerprint density at radius 3 is 2.45 bits per heavy atom. The van der Waals surface area contributed by atoms with Crippen LogP contribution in [0.15, 0.2) is 96.4 Å². The number of rotatable bonds is 10. The average molecular weight is 407 g/mol. The largest absolute Gasteiger partial charge is 0.493 e. The molecule has 3 aromatic carbocycles. The molecular formula is C24H24NO3S. The SMILES string of the molecule is C=CCCC(COc1c[c]ccc1)c1ccc(NS(=O)(=O)c2ccccc2)cc1. The second-order valence-corrected chi connectivity index (χ2v) is 8.34. The van der Waals surface area contributed by atoms with Gasteiger partial charge in [-0.05, 0) is 60.9 Å². The predicted octanol–water partition coefficient (Wildman–Crippen LogP) is 5.42. The quantitative estimate of drug-likeness (QED) is 0.458. The maximum absolute atomic E-state index is 12.5. The molecule has 0 aliphatic carbocycles. The first-order chi connectivity index (χ1) is 14.1. The monoisotopic (exact) mass is 406 g/mol. The molecule has 0 saturated heterocycles. The van der Waals surface area contributed by atoms with Crippen LogP contribution < -0.4 is 9.46 Å². The van der Waals surface area contributed by atoms with Crippen molar-refractivity contribution in [3.05, 3.63) is 103 Å². The van der Waals surface area contributed by atoms with Gasteiger partial charge in [0.05, 0.1) is 11.5 Å². The van der Waals surface area contributed by atoms with Gasteiger partial charge in [-0.15, -0.1) is 6.58 Å². The first kappa shape index (κ1) is 20.7. The van der Waals surface area contributed by atoms with Crippen LogP contribution in [0.1, 0.15) is 24.3 Å². The van der Waals surface area contributed by atoms with Gasteiger partial charge in [-0.3, -0.25) is 4.72 Å². The molecule has 1 unspecified atom stereocenters. The molecule has 1 N–H and O–H groups in total. The number of nitrogens with one attached hydrogen (secondary N) is 1. The van der Waals surface area contributed by atoms with E-state index in [1.54, 1.807) is 42.5 Å². The Balaban J connectivity index is 1.70. The van der Waals surface area contributed by atoms with E-state index in [0.717, 1.165) is 24.2 Å². The summed E-state index contributed by atoms with van der Waals surface area (Å²) in [5, 5.41) is 0. The summed E-state index contributed by atoms with van der Waals surface area (Å²) >= 11 is 0. The minimum atomic E-state index is -3.60. The molecule has 0 amide bonds. The van der Waals surface area contributed by atoms with Crippen LogP contribution >= 0.6 is 0 Å². The molecule has 149 valence electrons. The number of anilines is 1. The van der Waals surface area contributed by atoms with E-state index in [4.69, 9.17) is 4.74 Å². The lowest BCUT2D eigenvalue weighted by Crippen LogP contribution is -2.13. The van der Waals surface area contributed by atoms with Crippen molar-refractivity contribution in [1.29, 1.82) is 0 Å². The number of sulfonamides is 1. The molecule has 0 spiro atoms. The first-order valence-electron chi connectivity index (χ1n) is 9.46. The fourth-order valence-electron chi connectivity index (χ4n) is 2.97. The third kappa shape index (κ3) is 5.96. The smallest absolute Gasteiger partial charge is 0.261 e. The van der Waals surface area contributed by atoms with Crippen molar-refractivity contribution in [2.24, 2.45) is 0 Å². The van der Waals surface area contributed by atoms with Gasteiger partial charge >= 0.3 is 0 Å². The standard InChI is InChI=1S/C24H24NO3S/c1-2-3-10-21(19-28-23-11-6-4-7-12-23)20-15-17-22(18-16-20)25-29(26,27)24-13-8-5-9-14-24/h2,4-6,8-9,11-18,21,25H,1,3,10,19H2. The Morgan fingerprint density at radius 2 is 1.79 bits per heavy atom. The summed E-state index contributed by atoms with van der Waals surface area (Å²) in [6, 6.07) is 26.2. The first-order valence-corrected chi connectivity index (χ1v) is 10.9. The highest BCUT2D eigenvalue weighted by molar-refractivity contribution is 7.92. The Kier molecular flexibility index (Phi) is 7.09. The van der Waals surface area contributed by atoms with Gasteiger partial charge in [0.25, 0.3) is 10.0 Å². The van der Waals surface area contributed by atoms with Crippen molar-refractivity contribution in [1.82, 2.24) is 0 Å². The van der Waals surface area contributed by atoms with E-state index < -0.39 is 10.0 Å². The average Bonchev–Trinajstić information content (AvgIpc) is 2.76. The van der Waals surface area contributed by atoms with Crippen LogP contribution in [0.4, 0.5) is 5.69 Å². The van der Waals surface area contributed by atoms with Crippen molar-refractivity contribution in [2.75, 3.05) is 11.3 Å². The molecule has 0 heterocycles. The van der Waals surface area contributed by atoms with Crippen LogP contribution in [-0.2, 0) is 10.0 Å². The summed E-state index contributed by atoms with van der Waals surface area (Å²) in [4.78, 5) is 0.237. The van der Waals surface area contributed by atoms with Crippen molar-refractivity contribution >= 4 is 15.7 Å². The minimum Gasteiger partial charge on any atom is -0.493 e. The molecule has 0 aliphatic heterocycles. The number of ether oxygens (including phenoxy) is 1. The third-order valence-electron chi connectivity index (χ3n) is 4.54. The third-order valence-corrected chi connectivity index (χ3v) is 5.93. The zero-order chi connectivity index (χ0) is 20.5. The molecule has 0 fully saturated rings. The van der Waals surface area contributed by atoms with Crippen LogP contribution in [0.2, 0.25) is 0 Å². The maximum Gasteiger partial charge on any atom is 0.261 e. The zero-order valence-electron chi connectivity index (χ0n) is 16.1. The molecule has 1 radical (unpaired) electrons. The Bertz CT molecular complexity index is 1000. The molecule has 3 aromatic rings. The number of allylic oxidation sites excluding steroid dienone is 1. The van der Waals surface area contributed by atoms with Crippen molar-refractivity contribution in [3.63, 3.8) is 0 Å². The van der Waals surface area contributed by atoms with E-state index in [2.05, 4.69) is 17.4 Å². The van der Waals surface area contributed by atoms with Gasteiger partial charge in [-0.2, -0.15) is 0 Å². The van der Waals surface area contributed by atoms with Gasteiger partial charge in [-0.25, -0.2) is 8.42 Å². The fourth-order valence-corrected chi connectivity index (χ4v) is 4.05. The molecule has 0 saturated carbocycles. The summed E-state index contributed by atoms with van der Waals surface area (Å²) in [5.41, 5.74) is 1.62. The Morgan fingerprint density at radius 1 is 1.03 bits per heavy atom.